The minimum Gasteiger partial charge on any atom is -0.508 e. The molecule has 3 rings (SSSR count). The summed E-state index contributed by atoms with van der Waals surface area (Å²) in [4.78, 5) is 29.2. The highest BCUT2D eigenvalue weighted by molar-refractivity contribution is 8.14. The molecule has 0 radical (unpaired) electrons. The maximum Gasteiger partial charge on any atom is 0.313 e. The Morgan fingerprint density at radius 1 is 1.15 bits per heavy atom. The summed E-state index contributed by atoms with van der Waals surface area (Å²) in [5, 5.41) is 28.4. The predicted molar refractivity (Wildman–Crippen MR) is 99.2 cm³/mol. The lowest BCUT2D eigenvalue weighted by Crippen LogP contribution is -2.30. The third-order valence-electron chi connectivity index (χ3n) is 3.47. The number of aliphatic imine (C=N–C) groups is 1. The number of hydrogen-bond donors (Lipinski definition) is 3. The summed E-state index contributed by atoms with van der Waals surface area (Å²) in [6.07, 6.45) is 1.39. The van der Waals surface area contributed by atoms with Crippen LogP contribution in [0.15, 0.2) is 59.2 Å². The molecule has 8 heteroatoms. The maximum absolute atomic E-state index is 12.8. The SMILES string of the molecule is O=C(O)CSC1=N/C(=C\c2ccc(O)cc2O)C(=O)N1c1ccccc1. The van der Waals surface area contributed by atoms with Crippen LogP contribution in [0.25, 0.3) is 6.08 Å². The minimum atomic E-state index is -1.02. The van der Waals surface area contributed by atoms with Gasteiger partial charge >= 0.3 is 5.97 Å². The first-order valence-electron chi connectivity index (χ1n) is 7.52. The van der Waals surface area contributed by atoms with Crippen molar-refractivity contribution >= 4 is 40.6 Å². The first kappa shape index (κ1) is 17.6. The molecule has 0 spiro atoms. The summed E-state index contributed by atoms with van der Waals surface area (Å²) < 4.78 is 0. The molecule has 7 nitrogen and oxygen atoms in total. The van der Waals surface area contributed by atoms with Crippen molar-refractivity contribution in [3.05, 3.63) is 59.8 Å². The Bertz CT molecular complexity index is 924. The van der Waals surface area contributed by atoms with E-state index < -0.39 is 11.9 Å². The summed E-state index contributed by atoms with van der Waals surface area (Å²) in [5.41, 5.74) is 0.933. The number of amidine groups is 1. The van der Waals surface area contributed by atoms with Gasteiger partial charge in [0.1, 0.15) is 17.2 Å². The van der Waals surface area contributed by atoms with Gasteiger partial charge in [0.05, 0.1) is 11.4 Å². The smallest absolute Gasteiger partial charge is 0.313 e. The first-order valence-corrected chi connectivity index (χ1v) is 8.51. The number of benzene rings is 2. The molecule has 2 aromatic rings. The van der Waals surface area contributed by atoms with Gasteiger partial charge in [0.2, 0.25) is 0 Å². The van der Waals surface area contributed by atoms with Crippen LogP contribution in [-0.2, 0) is 9.59 Å². The second kappa shape index (κ2) is 7.32. The highest BCUT2D eigenvalue weighted by atomic mass is 32.2. The summed E-state index contributed by atoms with van der Waals surface area (Å²) in [7, 11) is 0. The number of nitrogens with zero attached hydrogens (tertiary/aromatic N) is 2. The van der Waals surface area contributed by atoms with E-state index in [1.807, 2.05) is 0 Å². The van der Waals surface area contributed by atoms with Crippen molar-refractivity contribution in [3.8, 4) is 11.5 Å². The van der Waals surface area contributed by atoms with Crippen LogP contribution in [0.3, 0.4) is 0 Å². The van der Waals surface area contributed by atoms with Gasteiger partial charge in [0.15, 0.2) is 5.17 Å². The van der Waals surface area contributed by atoms with Crippen molar-refractivity contribution in [2.75, 3.05) is 10.7 Å². The normalized spacial score (nSPS) is 15.4. The summed E-state index contributed by atoms with van der Waals surface area (Å²) in [6.45, 7) is 0. The number of thioether (sulfide) groups is 1. The van der Waals surface area contributed by atoms with E-state index in [9.17, 15) is 19.8 Å². The number of anilines is 1. The lowest BCUT2D eigenvalue weighted by molar-refractivity contribution is -0.133. The molecule has 1 heterocycles. The molecule has 0 aromatic heterocycles. The number of phenolic OH excluding ortho intramolecular Hbond substituents is 2. The summed E-state index contributed by atoms with van der Waals surface area (Å²) >= 11 is 0.932. The second-order valence-corrected chi connectivity index (χ2v) is 6.27. The highest BCUT2D eigenvalue weighted by Crippen LogP contribution is 2.31. The van der Waals surface area contributed by atoms with Gasteiger partial charge in [0.25, 0.3) is 5.91 Å². The fourth-order valence-electron chi connectivity index (χ4n) is 2.33. The Morgan fingerprint density at radius 3 is 2.54 bits per heavy atom. The van der Waals surface area contributed by atoms with Crippen LogP contribution in [0.1, 0.15) is 5.56 Å². The molecule has 0 aliphatic carbocycles. The van der Waals surface area contributed by atoms with E-state index in [0.29, 0.717) is 11.3 Å². The standard InChI is InChI=1S/C18H14N2O5S/c21-13-7-6-11(15(22)9-13)8-14-17(25)20(12-4-2-1-3-5-12)18(19-14)26-10-16(23)24/h1-9,21-22H,10H2,(H,23,24)/b14-8-. The number of aromatic hydroxyl groups is 2. The topological polar surface area (TPSA) is 110 Å². The largest absolute Gasteiger partial charge is 0.508 e. The van der Waals surface area contributed by atoms with Crippen molar-refractivity contribution in [1.82, 2.24) is 0 Å². The fraction of sp³-hybridized carbons (Fsp3) is 0.0556. The molecule has 132 valence electrons. The van der Waals surface area contributed by atoms with Crippen LogP contribution < -0.4 is 4.90 Å². The molecule has 1 amide bonds. The molecule has 2 aromatic carbocycles. The van der Waals surface area contributed by atoms with Gasteiger partial charge in [-0.15, -0.1) is 0 Å². The quantitative estimate of drug-likeness (QED) is 0.714. The Labute approximate surface area is 152 Å². The molecule has 0 unspecified atom stereocenters. The Morgan fingerprint density at radius 2 is 1.88 bits per heavy atom. The summed E-state index contributed by atoms with van der Waals surface area (Å²) in [5.74, 6) is -2.00. The molecule has 0 fully saturated rings. The molecule has 0 atom stereocenters. The van der Waals surface area contributed by atoms with Crippen molar-refractivity contribution in [2.24, 2.45) is 4.99 Å². The number of rotatable bonds is 4. The van der Waals surface area contributed by atoms with E-state index in [1.165, 1.54) is 23.1 Å². The highest BCUT2D eigenvalue weighted by Gasteiger charge is 2.32. The molecule has 26 heavy (non-hydrogen) atoms. The zero-order valence-corrected chi connectivity index (χ0v) is 14.2. The van der Waals surface area contributed by atoms with E-state index in [0.717, 1.165) is 17.8 Å². The van der Waals surface area contributed by atoms with E-state index >= 15 is 0 Å². The lowest BCUT2D eigenvalue weighted by Gasteiger charge is -2.17. The number of carboxylic acids is 1. The number of carbonyl (C=O) groups is 2. The van der Waals surface area contributed by atoms with E-state index in [-0.39, 0.29) is 28.1 Å². The maximum atomic E-state index is 12.8. The lowest BCUT2D eigenvalue weighted by atomic mass is 10.1. The second-order valence-electron chi connectivity index (χ2n) is 5.33. The Hall–Kier alpha value is -3.26. The van der Waals surface area contributed by atoms with Gasteiger partial charge in [-0.3, -0.25) is 14.5 Å². The molecule has 1 aliphatic heterocycles. The van der Waals surface area contributed by atoms with E-state index in [4.69, 9.17) is 5.11 Å². The van der Waals surface area contributed by atoms with Crippen LogP contribution >= 0.6 is 11.8 Å². The van der Waals surface area contributed by atoms with Crippen molar-refractivity contribution in [1.29, 1.82) is 0 Å². The molecular formula is C18H14N2O5S. The molecule has 0 saturated carbocycles. The number of phenols is 2. The third-order valence-corrected chi connectivity index (χ3v) is 4.40. The van der Waals surface area contributed by atoms with Gasteiger partial charge in [-0.1, -0.05) is 30.0 Å². The number of carboxylic acid groups (broad SMARTS) is 1. The van der Waals surface area contributed by atoms with Gasteiger partial charge < -0.3 is 15.3 Å². The number of hydrogen-bond acceptors (Lipinski definition) is 6. The summed E-state index contributed by atoms with van der Waals surface area (Å²) in [6, 6.07) is 12.7. The Kier molecular flexibility index (Phi) is 4.94. The van der Waals surface area contributed by atoms with Crippen LogP contribution in [0, 0.1) is 0 Å². The van der Waals surface area contributed by atoms with Crippen molar-refractivity contribution in [3.63, 3.8) is 0 Å². The average molecular weight is 370 g/mol. The predicted octanol–water partition coefficient (Wildman–Crippen LogP) is 2.66. The number of para-hydroxylation sites is 1. The third kappa shape index (κ3) is 3.70. The van der Waals surface area contributed by atoms with E-state index in [2.05, 4.69) is 4.99 Å². The Balaban J connectivity index is 1.99. The van der Waals surface area contributed by atoms with Crippen LogP contribution in [-0.4, -0.2) is 38.1 Å². The van der Waals surface area contributed by atoms with E-state index in [1.54, 1.807) is 30.3 Å². The molecular weight excluding hydrogens is 356 g/mol. The molecule has 0 saturated heterocycles. The number of aliphatic carboxylic acids is 1. The van der Waals surface area contributed by atoms with Gasteiger partial charge in [0, 0.05) is 11.6 Å². The van der Waals surface area contributed by atoms with Crippen LogP contribution in [0.2, 0.25) is 0 Å². The zero-order valence-electron chi connectivity index (χ0n) is 13.4. The van der Waals surface area contributed by atoms with Gasteiger partial charge in [-0.05, 0) is 30.3 Å². The zero-order chi connectivity index (χ0) is 18.7. The average Bonchev–Trinajstić information content (AvgIpc) is 2.92. The van der Waals surface area contributed by atoms with Crippen molar-refractivity contribution in [2.45, 2.75) is 0 Å². The van der Waals surface area contributed by atoms with Crippen LogP contribution in [0.5, 0.6) is 11.5 Å². The molecule has 0 bridgehead atoms. The monoisotopic (exact) mass is 370 g/mol. The van der Waals surface area contributed by atoms with Crippen molar-refractivity contribution < 1.29 is 24.9 Å². The number of carbonyl (C=O) groups excluding carboxylic acids is 1. The van der Waals surface area contributed by atoms with Gasteiger partial charge in [-0.25, -0.2) is 4.99 Å². The fourth-order valence-corrected chi connectivity index (χ4v) is 3.06. The minimum absolute atomic E-state index is 0.0581. The molecule has 1 aliphatic rings. The van der Waals surface area contributed by atoms with Gasteiger partial charge in [-0.2, -0.15) is 0 Å². The number of amides is 1. The first-order chi connectivity index (χ1) is 12.5. The molecule has 3 N–H and O–H groups in total. The van der Waals surface area contributed by atoms with Crippen LogP contribution in [0.4, 0.5) is 5.69 Å².